The monoisotopic (exact) mass is 221 g/mol. The Morgan fingerprint density at radius 1 is 1.44 bits per heavy atom. The predicted octanol–water partition coefficient (Wildman–Crippen LogP) is 1.85. The lowest BCUT2D eigenvalue weighted by Gasteiger charge is -2.03. The third-order valence-corrected chi connectivity index (χ3v) is 2.12. The minimum absolute atomic E-state index is 0.307. The number of anilines is 1. The molecule has 0 saturated heterocycles. The number of rotatable bonds is 4. The van der Waals surface area contributed by atoms with Crippen molar-refractivity contribution in [2.75, 3.05) is 18.4 Å². The van der Waals surface area contributed by atoms with Crippen molar-refractivity contribution in [1.82, 2.24) is 5.16 Å². The number of nitrogens with two attached hydrogens (primary N) is 1. The average Bonchev–Trinajstić information content (AvgIpc) is 2.74. The van der Waals surface area contributed by atoms with E-state index in [1.54, 1.807) is 18.3 Å². The number of hydrogen-bond acceptors (Lipinski definition) is 4. The van der Waals surface area contributed by atoms with E-state index in [0.29, 0.717) is 24.4 Å². The Hall–Kier alpha value is -1.88. The smallest absolute Gasteiger partial charge is 0.190 e. The second kappa shape index (κ2) is 4.76. The number of halogens is 1. The normalized spacial score (nSPS) is 10.4. The average molecular weight is 221 g/mol. The van der Waals surface area contributed by atoms with E-state index in [2.05, 4.69) is 10.5 Å². The minimum atomic E-state index is -0.307. The Morgan fingerprint density at radius 2 is 2.31 bits per heavy atom. The number of hydrogen-bond donors (Lipinski definition) is 2. The first-order valence-electron chi connectivity index (χ1n) is 4.96. The summed E-state index contributed by atoms with van der Waals surface area (Å²) in [5.74, 6) is 0.214. The molecule has 0 amide bonds. The van der Waals surface area contributed by atoms with Gasteiger partial charge in [0.05, 0.1) is 6.20 Å². The van der Waals surface area contributed by atoms with Gasteiger partial charge < -0.3 is 15.6 Å². The molecule has 0 atom stereocenters. The van der Waals surface area contributed by atoms with E-state index in [1.807, 2.05) is 0 Å². The molecule has 1 aromatic heterocycles. The molecular formula is C11H12FN3O. The highest BCUT2D eigenvalue weighted by molar-refractivity contribution is 5.71. The van der Waals surface area contributed by atoms with Crippen LogP contribution in [0, 0.1) is 5.82 Å². The highest BCUT2D eigenvalue weighted by Gasteiger charge is 2.10. The van der Waals surface area contributed by atoms with Crippen molar-refractivity contribution in [3.8, 4) is 11.3 Å². The van der Waals surface area contributed by atoms with E-state index in [1.165, 1.54) is 12.1 Å². The van der Waals surface area contributed by atoms with Crippen LogP contribution in [0.25, 0.3) is 11.3 Å². The van der Waals surface area contributed by atoms with Crippen molar-refractivity contribution in [3.63, 3.8) is 0 Å². The third kappa shape index (κ3) is 2.20. The maximum absolute atomic E-state index is 13.0. The van der Waals surface area contributed by atoms with Gasteiger partial charge in [0, 0.05) is 18.7 Å². The fourth-order valence-electron chi connectivity index (χ4n) is 1.41. The summed E-state index contributed by atoms with van der Waals surface area (Å²) in [6.45, 7) is 1.12. The summed E-state index contributed by atoms with van der Waals surface area (Å²) in [4.78, 5) is 0. The van der Waals surface area contributed by atoms with Gasteiger partial charge >= 0.3 is 0 Å². The van der Waals surface area contributed by atoms with E-state index in [9.17, 15) is 4.39 Å². The number of benzene rings is 1. The summed E-state index contributed by atoms with van der Waals surface area (Å²) in [7, 11) is 0. The molecule has 0 saturated carbocycles. The van der Waals surface area contributed by atoms with Gasteiger partial charge in [0.1, 0.15) is 11.5 Å². The van der Waals surface area contributed by atoms with Crippen LogP contribution >= 0.6 is 0 Å². The van der Waals surface area contributed by atoms with Crippen LogP contribution in [-0.4, -0.2) is 18.2 Å². The van der Waals surface area contributed by atoms with E-state index >= 15 is 0 Å². The Labute approximate surface area is 92.2 Å². The fraction of sp³-hybridized carbons (Fsp3) is 0.182. The largest absolute Gasteiger partial charge is 0.379 e. The Balaban J connectivity index is 2.29. The van der Waals surface area contributed by atoms with Crippen LogP contribution in [0.3, 0.4) is 0 Å². The van der Waals surface area contributed by atoms with Gasteiger partial charge in [0.25, 0.3) is 0 Å². The van der Waals surface area contributed by atoms with E-state index in [4.69, 9.17) is 10.3 Å². The van der Waals surface area contributed by atoms with Crippen LogP contribution < -0.4 is 11.1 Å². The first kappa shape index (κ1) is 10.6. The SMILES string of the molecule is NCCNc1cnoc1-c1cccc(F)c1. The van der Waals surface area contributed by atoms with Crippen molar-refractivity contribution in [3.05, 3.63) is 36.3 Å². The van der Waals surface area contributed by atoms with Crippen molar-refractivity contribution in [2.24, 2.45) is 5.73 Å². The first-order chi connectivity index (χ1) is 7.81. The maximum atomic E-state index is 13.0. The predicted molar refractivity (Wildman–Crippen MR) is 59.4 cm³/mol. The van der Waals surface area contributed by atoms with Gasteiger partial charge in [-0.1, -0.05) is 17.3 Å². The molecule has 3 N–H and O–H groups in total. The molecule has 0 spiro atoms. The first-order valence-corrected chi connectivity index (χ1v) is 4.96. The van der Waals surface area contributed by atoms with Gasteiger partial charge in [-0.15, -0.1) is 0 Å². The van der Waals surface area contributed by atoms with Crippen molar-refractivity contribution in [2.45, 2.75) is 0 Å². The molecule has 0 aliphatic rings. The fourth-order valence-corrected chi connectivity index (χ4v) is 1.41. The third-order valence-electron chi connectivity index (χ3n) is 2.12. The van der Waals surface area contributed by atoms with Crippen LogP contribution in [-0.2, 0) is 0 Å². The lowest BCUT2D eigenvalue weighted by molar-refractivity contribution is 0.432. The molecule has 84 valence electrons. The van der Waals surface area contributed by atoms with Crippen molar-refractivity contribution < 1.29 is 8.91 Å². The molecule has 4 nitrogen and oxygen atoms in total. The minimum Gasteiger partial charge on any atom is -0.379 e. The standard InChI is InChI=1S/C11H12FN3O/c12-9-3-1-2-8(6-9)11-10(7-15-16-11)14-5-4-13/h1-3,6-7,14H,4-5,13H2. The zero-order valence-corrected chi connectivity index (χ0v) is 8.61. The van der Waals surface area contributed by atoms with Crippen LogP contribution in [0.1, 0.15) is 0 Å². The molecule has 2 aromatic rings. The van der Waals surface area contributed by atoms with Gasteiger partial charge in [-0.2, -0.15) is 0 Å². The summed E-state index contributed by atoms with van der Waals surface area (Å²) >= 11 is 0. The van der Waals surface area contributed by atoms with Crippen LogP contribution in [0.4, 0.5) is 10.1 Å². The van der Waals surface area contributed by atoms with Gasteiger partial charge in [0.2, 0.25) is 0 Å². The second-order valence-electron chi connectivity index (χ2n) is 3.29. The molecule has 2 rings (SSSR count). The molecular weight excluding hydrogens is 209 g/mol. The van der Waals surface area contributed by atoms with E-state index in [0.717, 1.165) is 5.69 Å². The highest BCUT2D eigenvalue weighted by Crippen LogP contribution is 2.27. The zero-order chi connectivity index (χ0) is 11.4. The van der Waals surface area contributed by atoms with Crippen molar-refractivity contribution in [1.29, 1.82) is 0 Å². The molecule has 0 aliphatic heterocycles. The van der Waals surface area contributed by atoms with Crippen molar-refractivity contribution >= 4 is 5.69 Å². The van der Waals surface area contributed by atoms with Gasteiger partial charge in [-0.05, 0) is 12.1 Å². The quantitative estimate of drug-likeness (QED) is 0.827. The molecule has 0 aliphatic carbocycles. The second-order valence-corrected chi connectivity index (χ2v) is 3.29. The molecule has 16 heavy (non-hydrogen) atoms. The summed E-state index contributed by atoms with van der Waals surface area (Å²) in [5, 5.41) is 6.74. The molecule has 1 aromatic carbocycles. The summed E-state index contributed by atoms with van der Waals surface area (Å²) in [6, 6.07) is 6.16. The number of nitrogens with zero attached hydrogens (tertiary/aromatic N) is 1. The number of nitrogens with one attached hydrogen (secondary N) is 1. The summed E-state index contributed by atoms with van der Waals surface area (Å²) in [6.07, 6.45) is 1.55. The van der Waals surface area contributed by atoms with E-state index < -0.39 is 0 Å². The molecule has 0 bridgehead atoms. The highest BCUT2D eigenvalue weighted by atomic mass is 19.1. The number of aromatic nitrogens is 1. The Kier molecular flexibility index (Phi) is 3.16. The summed E-state index contributed by atoms with van der Waals surface area (Å²) < 4.78 is 18.1. The lowest BCUT2D eigenvalue weighted by atomic mass is 10.1. The van der Waals surface area contributed by atoms with Crippen LogP contribution in [0.5, 0.6) is 0 Å². The summed E-state index contributed by atoms with van der Waals surface area (Å²) in [5.41, 5.74) is 6.75. The molecule has 0 radical (unpaired) electrons. The maximum Gasteiger partial charge on any atom is 0.190 e. The van der Waals surface area contributed by atoms with Crippen LogP contribution in [0.2, 0.25) is 0 Å². The van der Waals surface area contributed by atoms with E-state index in [-0.39, 0.29) is 5.82 Å². The van der Waals surface area contributed by atoms with Gasteiger partial charge in [-0.3, -0.25) is 0 Å². The zero-order valence-electron chi connectivity index (χ0n) is 8.61. The lowest BCUT2D eigenvalue weighted by Crippen LogP contribution is -2.13. The topological polar surface area (TPSA) is 64.1 Å². The van der Waals surface area contributed by atoms with Gasteiger partial charge in [-0.25, -0.2) is 4.39 Å². The molecule has 0 fully saturated rings. The Bertz CT molecular complexity index is 470. The molecule has 5 heteroatoms. The van der Waals surface area contributed by atoms with Crippen LogP contribution in [0.15, 0.2) is 35.0 Å². The molecule has 0 unspecified atom stereocenters. The van der Waals surface area contributed by atoms with Gasteiger partial charge in [0.15, 0.2) is 5.76 Å². The molecule has 1 heterocycles. The Morgan fingerprint density at radius 3 is 3.06 bits per heavy atom.